The zero-order chi connectivity index (χ0) is 13.4. The van der Waals surface area contributed by atoms with Gasteiger partial charge in [0.25, 0.3) is 0 Å². The zero-order valence-electron chi connectivity index (χ0n) is 11.4. The number of hydrogen-bond donors (Lipinski definition) is 2. The van der Waals surface area contributed by atoms with Gasteiger partial charge in [0, 0.05) is 25.5 Å². The highest BCUT2D eigenvalue weighted by Gasteiger charge is 2.11. The predicted octanol–water partition coefficient (Wildman–Crippen LogP) is 1.72. The molecule has 1 aromatic heterocycles. The summed E-state index contributed by atoms with van der Waals surface area (Å²) in [7, 11) is 0. The Morgan fingerprint density at radius 2 is 1.94 bits per heavy atom. The average Bonchev–Trinajstić information content (AvgIpc) is 2.36. The molecule has 0 radical (unpaired) electrons. The SMILES string of the molecule is CC(C)CCNC(=O)C(C)NCc1ccncc1. The minimum atomic E-state index is -0.176. The number of amides is 1. The van der Waals surface area contributed by atoms with E-state index in [-0.39, 0.29) is 11.9 Å². The molecule has 0 saturated carbocycles. The number of hydrogen-bond acceptors (Lipinski definition) is 3. The summed E-state index contributed by atoms with van der Waals surface area (Å²) in [6.07, 6.45) is 4.53. The smallest absolute Gasteiger partial charge is 0.236 e. The maximum absolute atomic E-state index is 11.8. The van der Waals surface area contributed by atoms with Crippen molar-refractivity contribution in [1.29, 1.82) is 0 Å². The number of nitrogens with zero attached hydrogens (tertiary/aromatic N) is 1. The van der Waals surface area contributed by atoms with Gasteiger partial charge in [-0.2, -0.15) is 0 Å². The Bertz CT molecular complexity index is 351. The topological polar surface area (TPSA) is 54.0 Å². The molecule has 4 nitrogen and oxygen atoms in total. The lowest BCUT2D eigenvalue weighted by Crippen LogP contribution is -2.42. The highest BCUT2D eigenvalue weighted by molar-refractivity contribution is 5.81. The van der Waals surface area contributed by atoms with Crippen LogP contribution in [0, 0.1) is 5.92 Å². The molecule has 1 unspecified atom stereocenters. The van der Waals surface area contributed by atoms with Crippen LogP contribution in [-0.4, -0.2) is 23.5 Å². The van der Waals surface area contributed by atoms with E-state index < -0.39 is 0 Å². The van der Waals surface area contributed by atoms with E-state index in [4.69, 9.17) is 0 Å². The number of carbonyl (C=O) groups excluding carboxylic acids is 1. The van der Waals surface area contributed by atoms with Gasteiger partial charge >= 0.3 is 0 Å². The van der Waals surface area contributed by atoms with Crippen molar-refractivity contribution >= 4 is 5.91 Å². The summed E-state index contributed by atoms with van der Waals surface area (Å²) in [6.45, 7) is 7.61. The Hall–Kier alpha value is -1.42. The molecule has 0 aliphatic rings. The molecule has 0 aliphatic carbocycles. The first kappa shape index (κ1) is 14.6. The van der Waals surface area contributed by atoms with Crippen molar-refractivity contribution in [2.45, 2.75) is 39.8 Å². The summed E-state index contributed by atoms with van der Waals surface area (Å²) in [5.74, 6) is 0.676. The van der Waals surface area contributed by atoms with Gasteiger partial charge in [-0.05, 0) is 37.0 Å². The monoisotopic (exact) mass is 249 g/mol. The molecule has 0 spiro atoms. The van der Waals surface area contributed by atoms with E-state index in [9.17, 15) is 4.79 Å². The van der Waals surface area contributed by atoms with Gasteiger partial charge in [0.1, 0.15) is 0 Å². The minimum absolute atomic E-state index is 0.0599. The van der Waals surface area contributed by atoms with E-state index in [2.05, 4.69) is 29.5 Å². The highest BCUT2D eigenvalue weighted by atomic mass is 16.2. The molecule has 100 valence electrons. The van der Waals surface area contributed by atoms with Crippen LogP contribution in [0.1, 0.15) is 32.8 Å². The van der Waals surface area contributed by atoms with Gasteiger partial charge in [-0.1, -0.05) is 13.8 Å². The number of aromatic nitrogens is 1. The number of nitrogens with one attached hydrogen (secondary N) is 2. The van der Waals surface area contributed by atoms with Crippen molar-refractivity contribution in [2.75, 3.05) is 6.54 Å². The molecule has 1 atom stereocenters. The third-order valence-electron chi connectivity index (χ3n) is 2.78. The standard InChI is InChI=1S/C14H23N3O/c1-11(2)4-9-16-14(18)12(3)17-10-13-5-7-15-8-6-13/h5-8,11-12,17H,4,9-10H2,1-3H3,(H,16,18). The van der Waals surface area contributed by atoms with Gasteiger partial charge in [0.2, 0.25) is 5.91 Å². The van der Waals surface area contributed by atoms with E-state index in [0.717, 1.165) is 18.5 Å². The van der Waals surface area contributed by atoms with Crippen LogP contribution in [0.15, 0.2) is 24.5 Å². The second-order valence-electron chi connectivity index (χ2n) is 4.93. The van der Waals surface area contributed by atoms with Crippen LogP contribution in [0.3, 0.4) is 0 Å². The van der Waals surface area contributed by atoms with E-state index in [1.807, 2.05) is 19.1 Å². The lowest BCUT2D eigenvalue weighted by molar-refractivity contribution is -0.122. The van der Waals surface area contributed by atoms with Crippen molar-refractivity contribution in [1.82, 2.24) is 15.6 Å². The van der Waals surface area contributed by atoms with Crippen molar-refractivity contribution in [3.05, 3.63) is 30.1 Å². The van der Waals surface area contributed by atoms with E-state index in [1.54, 1.807) is 12.4 Å². The fourth-order valence-corrected chi connectivity index (χ4v) is 1.50. The Morgan fingerprint density at radius 1 is 1.28 bits per heavy atom. The predicted molar refractivity (Wildman–Crippen MR) is 73.0 cm³/mol. The summed E-state index contributed by atoms with van der Waals surface area (Å²) in [5, 5.41) is 6.13. The Kier molecular flexibility index (Phi) is 6.36. The highest BCUT2D eigenvalue weighted by Crippen LogP contribution is 1.98. The number of carbonyl (C=O) groups is 1. The summed E-state index contributed by atoms with van der Waals surface area (Å²) >= 11 is 0. The largest absolute Gasteiger partial charge is 0.355 e. The van der Waals surface area contributed by atoms with Gasteiger partial charge in [0.15, 0.2) is 0 Å². The van der Waals surface area contributed by atoms with Crippen LogP contribution in [0.4, 0.5) is 0 Å². The maximum Gasteiger partial charge on any atom is 0.236 e. The molecule has 1 amide bonds. The van der Waals surface area contributed by atoms with Crippen LogP contribution < -0.4 is 10.6 Å². The molecule has 4 heteroatoms. The number of pyridine rings is 1. The molecule has 1 rings (SSSR count). The second kappa shape index (κ2) is 7.82. The van der Waals surface area contributed by atoms with Crippen LogP contribution in [0.25, 0.3) is 0 Å². The molecule has 1 heterocycles. The van der Waals surface area contributed by atoms with Crippen LogP contribution in [0.5, 0.6) is 0 Å². The normalized spacial score (nSPS) is 12.4. The summed E-state index contributed by atoms with van der Waals surface area (Å²) in [6, 6.07) is 3.71. The summed E-state index contributed by atoms with van der Waals surface area (Å²) < 4.78 is 0. The molecular weight excluding hydrogens is 226 g/mol. The first-order valence-electron chi connectivity index (χ1n) is 6.49. The zero-order valence-corrected chi connectivity index (χ0v) is 11.4. The lowest BCUT2D eigenvalue weighted by Gasteiger charge is -2.14. The van der Waals surface area contributed by atoms with Crippen LogP contribution >= 0.6 is 0 Å². The summed E-state index contributed by atoms with van der Waals surface area (Å²) in [4.78, 5) is 15.7. The fraction of sp³-hybridized carbons (Fsp3) is 0.571. The maximum atomic E-state index is 11.8. The van der Waals surface area contributed by atoms with Gasteiger partial charge in [-0.15, -0.1) is 0 Å². The molecule has 0 fully saturated rings. The first-order valence-corrected chi connectivity index (χ1v) is 6.49. The quantitative estimate of drug-likeness (QED) is 0.773. The minimum Gasteiger partial charge on any atom is -0.355 e. The molecule has 0 aliphatic heterocycles. The van der Waals surface area contributed by atoms with Crippen LogP contribution in [0.2, 0.25) is 0 Å². The van der Waals surface area contributed by atoms with E-state index >= 15 is 0 Å². The number of rotatable bonds is 7. The lowest BCUT2D eigenvalue weighted by atomic mass is 10.1. The fourth-order valence-electron chi connectivity index (χ4n) is 1.50. The van der Waals surface area contributed by atoms with Gasteiger partial charge in [0.05, 0.1) is 6.04 Å². The van der Waals surface area contributed by atoms with E-state index in [1.165, 1.54) is 0 Å². The van der Waals surface area contributed by atoms with Crippen molar-refractivity contribution in [2.24, 2.45) is 5.92 Å². The molecule has 2 N–H and O–H groups in total. The van der Waals surface area contributed by atoms with Crippen molar-refractivity contribution < 1.29 is 4.79 Å². The first-order chi connectivity index (χ1) is 8.59. The summed E-state index contributed by atoms with van der Waals surface area (Å²) in [5.41, 5.74) is 1.13. The van der Waals surface area contributed by atoms with Gasteiger partial charge in [-0.3, -0.25) is 9.78 Å². The Morgan fingerprint density at radius 3 is 2.56 bits per heavy atom. The molecular formula is C14H23N3O. The molecule has 0 aromatic carbocycles. The van der Waals surface area contributed by atoms with Crippen LogP contribution in [-0.2, 0) is 11.3 Å². The molecule has 18 heavy (non-hydrogen) atoms. The average molecular weight is 249 g/mol. The van der Waals surface area contributed by atoms with E-state index in [0.29, 0.717) is 12.5 Å². The Labute approximate surface area is 109 Å². The third-order valence-corrected chi connectivity index (χ3v) is 2.78. The van der Waals surface area contributed by atoms with Gasteiger partial charge in [-0.25, -0.2) is 0 Å². The van der Waals surface area contributed by atoms with Crippen molar-refractivity contribution in [3.8, 4) is 0 Å². The molecule has 0 saturated heterocycles. The van der Waals surface area contributed by atoms with Gasteiger partial charge < -0.3 is 10.6 Å². The molecule has 0 bridgehead atoms. The third kappa shape index (κ3) is 5.77. The Balaban J connectivity index is 2.23. The van der Waals surface area contributed by atoms with Crippen molar-refractivity contribution in [3.63, 3.8) is 0 Å². The molecule has 1 aromatic rings. The second-order valence-corrected chi connectivity index (χ2v) is 4.93.